The van der Waals surface area contributed by atoms with Crippen molar-refractivity contribution in [2.45, 2.75) is 39.7 Å². The van der Waals surface area contributed by atoms with E-state index in [9.17, 15) is 4.79 Å². The quantitative estimate of drug-likeness (QED) is 0.723. The lowest BCUT2D eigenvalue weighted by Gasteiger charge is -2.25. The van der Waals surface area contributed by atoms with E-state index in [1.165, 1.54) is 0 Å². The van der Waals surface area contributed by atoms with Crippen molar-refractivity contribution < 1.29 is 9.53 Å². The van der Waals surface area contributed by atoms with Gasteiger partial charge in [0, 0.05) is 24.7 Å². The van der Waals surface area contributed by atoms with Crippen LogP contribution in [0.15, 0.2) is 18.2 Å². The molecule has 1 amide bonds. The number of ether oxygens (including phenoxy) is 1. The monoisotopic (exact) mass is 293 g/mol. The van der Waals surface area contributed by atoms with E-state index >= 15 is 0 Å². The maximum absolute atomic E-state index is 12.1. The molecular formula is C16H27N3O2. The van der Waals surface area contributed by atoms with Gasteiger partial charge in [-0.3, -0.25) is 4.79 Å². The molecule has 3 N–H and O–H groups in total. The summed E-state index contributed by atoms with van der Waals surface area (Å²) in [5, 5.41) is 2.87. The number of hydrogen-bond donors (Lipinski definition) is 2. The normalized spacial score (nSPS) is 11.0. The first-order valence-electron chi connectivity index (χ1n) is 7.45. The third-order valence-electron chi connectivity index (χ3n) is 3.36. The molecule has 1 aromatic carbocycles. The van der Waals surface area contributed by atoms with Gasteiger partial charge in [-0.2, -0.15) is 0 Å². The Labute approximate surface area is 127 Å². The van der Waals surface area contributed by atoms with Gasteiger partial charge in [-0.25, -0.2) is 0 Å². The molecule has 0 radical (unpaired) electrons. The highest BCUT2D eigenvalue weighted by Gasteiger charge is 2.12. The molecule has 0 heterocycles. The number of amides is 1. The molecule has 0 aromatic heterocycles. The van der Waals surface area contributed by atoms with Crippen LogP contribution >= 0.6 is 0 Å². The molecular weight excluding hydrogens is 266 g/mol. The van der Waals surface area contributed by atoms with Crippen LogP contribution in [0.25, 0.3) is 0 Å². The number of hydrogen-bond acceptors (Lipinski definition) is 4. The fraction of sp³-hybridized carbons (Fsp3) is 0.562. The van der Waals surface area contributed by atoms with Gasteiger partial charge < -0.3 is 20.7 Å². The highest BCUT2D eigenvalue weighted by molar-refractivity contribution is 5.93. The lowest BCUT2D eigenvalue weighted by atomic mass is 10.2. The van der Waals surface area contributed by atoms with Crippen LogP contribution in [0.1, 0.15) is 33.6 Å². The number of nitrogens with zero attached hydrogens (tertiary/aromatic N) is 1. The molecule has 0 atom stereocenters. The van der Waals surface area contributed by atoms with E-state index in [0.29, 0.717) is 29.6 Å². The second kappa shape index (κ2) is 8.52. The lowest BCUT2D eigenvalue weighted by molar-refractivity contribution is -0.116. The van der Waals surface area contributed by atoms with E-state index in [2.05, 4.69) is 31.0 Å². The largest absolute Gasteiger partial charge is 0.495 e. The van der Waals surface area contributed by atoms with Gasteiger partial charge in [-0.15, -0.1) is 0 Å². The highest BCUT2D eigenvalue weighted by Crippen LogP contribution is 2.26. The number of benzene rings is 1. The Hall–Kier alpha value is -1.75. The Kier molecular flexibility index (Phi) is 7.02. The molecule has 0 aliphatic rings. The topological polar surface area (TPSA) is 67.6 Å². The van der Waals surface area contributed by atoms with Gasteiger partial charge in [0.05, 0.1) is 12.8 Å². The Morgan fingerprint density at radius 2 is 2.10 bits per heavy atom. The zero-order valence-electron chi connectivity index (χ0n) is 13.5. The maximum atomic E-state index is 12.1. The predicted molar refractivity (Wildman–Crippen MR) is 87.7 cm³/mol. The fourth-order valence-electron chi connectivity index (χ4n) is 2.20. The number of methoxy groups -OCH3 is 1. The minimum absolute atomic E-state index is 0.0272. The first-order chi connectivity index (χ1) is 9.97. The van der Waals surface area contributed by atoms with Crippen molar-refractivity contribution in [2.24, 2.45) is 0 Å². The summed E-state index contributed by atoms with van der Waals surface area (Å²) in [4.78, 5) is 14.4. The van der Waals surface area contributed by atoms with Crippen LogP contribution in [0.5, 0.6) is 5.75 Å². The van der Waals surface area contributed by atoms with Crippen LogP contribution in [0.4, 0.5) is 11.4 Å². The Bertz CT molecular complexity index is 461. The summed E-state index contributed by atoms with van der Waals surface area (Å²) in [6, 6.07) is 5.65. The molecule has 0 saturated carbocycles. The van der Waals surface area contributed by atoms with Crippen molar-refractivity contribution in [3.63, 3.8) is 0 Å². The van der Waals surface area contributed by atoms with Crippen molar-refractivity contribution >= 4 is 17.3 Å². The van der Waals surface area contributed by atoms with Crippen molar-refractivity contribution in [2.75, 3.05) is 31.2 Å². The number of rotatable bonds is 8. The van der Waals surface area contributed by atoms with Crippen molar-refractivity contribution in [3.8, 4) is 5.75 Å². The van der Waals surface area contributed by atoms with E-state index in [4.69, 9.17) is 10.5 Å². The minimum Gasteiger partial charge on any atom is -0.495 e. The summed E-state index contributed by atoms with van der Waals surface area (Å²) in [7, 11) is 1.57. The number of anilines is 2. The lowest BCUT2D eigenvalue weighted by Crippen LogP contribution is -2.34. The molecule has 0 spiro atoms. The van der Waals surface area contributed by atoms with Gasteiger partial charge in [0.2, 0.25) is 5.91 Å². The maximum Gasteiger partial charge on any atom is 0.225 e. The van der Waals surface area contributed by atoms with Crippen LogP contribution in [-0.2, 0) is 4.79 Å². The van der Waals surface area contributed by atoms with Gasteiger partial charge in [0.1, 0.15) is 5.75 Å². The summed E-state index contributed by atoms with van der Waals surface area (Å²) in [6.45, 7) is 8.20. The second-order valence-corrected chi connectivity index (χ2v) is 5.39. The molecule has 5 heteroatoms. The van der Waals surface area contributed by atoms with E-state index in [0.717, 1.165) is 19.5 Å². The number of carbonyl (C=O) groups excluding carboxylic acids is 1. The first-order valence-corrected chi connectivity index (χ1v) is 7.45. The standard InChI is InChI=1S/C16H27N3O2/c1-5-9-19(12(2)3)10-8-16(20)18-14-11-13(17)6-7-15(14)21-4/h6-7,11-12H,5,8-10,17H2,1-4H3,(H,18,20). The van der Waals surface area contributed by atoms with Crippen molar-refractivity contribution in [3.05, 3.63) is 18.2 Å². The van der Waals surface area contributed by atoms with Crippen molar-refractivity contribution in [1.82, 2.24) is 4.90 Å². The van der Waals surface area contributed by atoms with E-state index in [1.54, 1.807) is 25.3 Å². The summed E-state index contributed by atoms with van der Waals surface area (Å²) < 4.78 is 5.22. The molecule has 1 rings (SSSR count). The van der Waals surface area contributed by atoms with Gasteiger partial charge in [0.25, 0.3) is 0 Å². The summed E-state index contributed by atoms with van der Waals surface area (Å²) >= 11 is 0. The molecule has 118 valence electrons. The van der Waals surface area contributed by atoms with Gasteiger partial charge in [-0.1, -0.05) is 6.92 Å². The molecule has 0 aliphatic heterocycles. The molecule has 5 nitrogen and oxygen atoms in total. The average molecular weight is 293 g/mol. The van der Waals surface area contributed by atoms with Gasteiger partial charge >= 0.3 is 0 Å². The number of carbonyl (C=O) groups is 1. The molecule has 21 heavy (non-hydrogen) atoms. The summed E-state index contributed by atoms with van der Waals surface area (Å²) in [5.74, 6) is 0.590. The molecule has 0 bridgehead atoms. The third kappa shape index (κ3) is 5.63. The van der Waals surface area contributed by atoms with Crippen LogP contribution in [-0.4, -0.2) is 37.0 Å². The molecule has 1 aromatic rings. The van der Waals surface area contributed by atoms with E-state index in [1.807, 2.05) is 0 Å². The SMILES string of the molecule is CCCN(CCC(=O)Nc1cc(N)ccc1OC)C(C)C. The molecule has 0 unspecified atom stereocenters. The third-order valence-corrected chi connectivity index (χ3v) is 3.36. The first kappa shape index (κ1) is 17.3. The van der Waals surface area contributed by atoms with Crippen molar-refractivity contribution in [1.29, 1.82) is 0 Å². The molecule has 0 saturated heterocycles. The number of nitrogen functional groups attached to an aromatic ring is 1. The second-order valence-electron chi connectivity index (χ2n) is 5.39. The summed E-state index contributed by atoms with van der Waals surface area (Å²) in [5.41, 5.74) is 6.96. The van der Waals surface area contributed by atoms with Crippen LogP contribution in [0, 0.1) is 0 Å². The highest BCUT2D eigenvalue weighted by atomic mass is 16.5. The Morgan fingerprint density at radius 3 is 2.67 bits per heavy atom. The Balaban J connectivity index is 2.59. The Morgan fingerprint density at radius 1 is 1.38 bits per heavy atom. The van der Waals surface area contributed by atoms with Crippen LogP contribution in [0.2, 0.25) is 0 Å². The van der Waals surface area contributed by atoms with Gasteiger partial charge in [0.15, 0.2) is 0 Å². The zero-order chi connectivity index (χ0) is 15.8. The summed E-state index contributed by atoms with van der Waals surface area (Å²) in [6.07, 6.45) is 1.54. The van der Waals surface area contributed by atoms with E-state index in [-0.39, 0.29) is 5.91 Å². The van der Waals surface area contributed by atoms with E-state index < -0.39 is 0 Å². The average Bonchev–Trinajstić information content (AvgIpc) is 2.43. The smallest absolute Gasteiger partial charge is 0.225 e. The predicted octanol–water partition coefficient (Wildman–Crippen LogP) is 2.73. The zero-order valence-corrected chi connectivity index (χ0v) is 13.5. The number of nitrogens with two attached hydrogens (primary N) is 1. The fourth-order valence-corrected chi connectivity index (χ4v) is 2.20. The van der Waals surface area contributed by atoms with Crippen LogP contribution in [0.3, 0.4) is 0 Å². The molecule has 0 aliphatic carbocycles. The molecule has 0 fully saturated rings. The van der Waals surface area contributed by atoms with Gasteiger partial charge in [-0.05, 0) is 45.0 Å². The number of nitrogens with one attached hydrogen (secondary N) is 1. The minimum atomic E-state index is -0.0272. The van der Waals surface area contributed by atoms with Crippen LogP contribution < -0.4 is 15.8 Å².